The first-order valence-corrected chi connectivity index (χ1v) is 5.88. The molecule has 0 radical (unpaired) electrons. The summed E-state index contributed by atoms with van der Waals surface area (Å²) in [5, 5.41) is 20.8. The molecule has 19 heavy (non-hydrogen) atoms. The minimum Gasteiger partial charge on any atom is -0.507 e. The van der Waals surface area contributed by atoms with Gasteiger partial charge in [-0.1, -0.05) is 12.1 Å². The fraction of sp³-hybridized carbons (Fsp3) is 0.200. The molecule has 2 N–H and O–H groups in total. The molecule has 0 aliphatic heterocycles. The van der Waals surface area contributed by atoms with Crippen molar-refractivity contribution in [1.29, 1.82) is 0 Å². The summed E-state index contributed by atoms with van der Waals surface area (Å²) in [6, 6.07) is 6.45. The van der Waals surface area contributed by atoms with Gasteiger partial charge in [0, 0.05) is 6.42 Å². The van der Waals surface area contributed by atoms with E-state index in [1.54, 1.807) is 18.2 Å². The zero-order chi connectivity index (χ0) is 14.2. The highest BCUT2D eigenvalue weighted by Crippen LogP contribution is 2.37. The zero-order valence-corrected chi connectivity index (χ0v) is 10.7. The van der Waals surface area contributed by atoms with Crippen LogP contribution in [0, 0.1) is 0 Å². The van der Waals surface area contributed by atoms with Crippen LogP contribution in [0.25, 0.3) is 10.8 Å². The third kappa shape index (κ3) is 2.29. The molecule has 0 atom stereocenters. The van der Waals surface area contributed by atoms with E-state index in [0.29, 0.717) is 10.9 Å². The second-order valence-electron chi connectivity index (χ2n) is 4.57. The Morgan fingerprint density at radius 3 is 2.42 bits per heavy atom. The second kappa shape index (κ2) is 4.72. The quantitative estimate of drug-likeness (QED) is 0.830. The molecule has 2 aromatic carbocycles. The van der Waals surface area contributed by atoms with E-state index in [1.807, 2.05) is 0 Å². The maximum atomic E-state index is 11.7. The summed E-state index contributed by atoms with van der Waals surface area (Å²) in [5.74, 6) is -0.786. The van der Waals surface area contributed by atoms with E-state index in [-0.39, 0.29) is 40.4 Å². The highest BCUT2D eigenvalue weighted by atomic mass is 16.3. The molecule has 0 aliphatic rings. The maximum Gasteiger partial charge on any atom is 0.163 e. The van der Waals surface area contributed by atoms with Gasteiger partial charge in [-0.25, -0.2) is 0 Å². The van der Waals surface area contributed by atoms with Crippen LogP contribution in [0.3, 0.4) is 0 Å². The topological polar surface area (TPSA) is 74.6 Å². The van der Waals surface area contributed by atoms with Gasteiger partial charge in [-0.05, 0) is 36.9 Å². The van der Waals surface area contributed by atoms with Crippen molar-refractivity contribution in [2.75, 3.05) is 0 Å². The van der Waals surface area contributed by atoms with Crippen molar-refractivity contribution in [2.45, 2.75) is 20.3 Å². The van der Waals surface area contributed by atoms with Crippen molar-refractivity contribution >= 4 is 22.3 Å². The van der Waals surface area contributed by atoms with E-state index in [2.05, 4.69) is 0 Å². The van der Waals surface area contributed by atoms with Gasteiger partial charge in [0.25, 0.3) is 0 Å². The Morgan fingerprint density at radius 1 is 1.16 bits per heavy atom. The monoisotopic (exact) mass is 258 g/mol. The number of fused-ring (bicyclic) bond motifs is 1. The van der Waals surface area contributed by atoms with E-state index in [4.69, 9.17) is 0 Å². The number of carbonyl (C=O) groups is 2. The van der Waals surface area contributed by atoms with Crippen LogP contribution in [0.15, 0.2) is 24.3 Å². The third-order valence-corrected chi connectivity index (χ3v) is 2.99. The number of phenolic OH excluding ortho intramolecular Hbond substituents is 2. The van der Waals surface area contributed by atoms with Crippen molar-refractivity contribution < 1.29 is 19.8 Å². The molecule has 0 saturated carbocycles. The Morgan fingerprint density at radius 2 is 1.84 bits per heavy atom. The third-order valence-electron chi connectivity index (χ3n) is 2.99. The van der Waals surface area contributed by atoms with E-state index >= 15 is 0 Å². The standard InChI is InChI=1S/C15H14O4/c1-8(16)6-11-7-10-4-3-5-12(18)14(10)15(19)13(11)9(2)17/h3-5,7,18-19H,6H2,1-2H3. The first-order chi connectivity index (χ1) is 8.91. The largest absolute Gasteiger partial charge is 0.507 e. The summed E-state index contributed by atoms with van der Waals surface area (Å²) in [6.45, 7) is 2.75. The molecule has 0 aromatic heterocycles. The average molecular weight is 258 g/mol. The highest BCUT2D eigenvalue weighted by Gasteiger charge is 2.19. The van der Waals surface area contributed by atoms with Crippen molar-refractivity contribution in [2.24, 2.45) is 0 Å². The SMILES string of the molecule is CC(=O)Cc1cc2cccc(O)c2c(O)c1C(C)=O. The molecular weight excluding hydrogens is 244 g/mol. The first kappa shape index (κ1) is 13.1. The van der Waals surface area contributed by atoms with Gasteiger partial charge in [0.15, 0.2) is 5.78 Å². The van der Waals surface area contributed by atoms with Crippen molar-refractivity contribution in [3.05, 3.63) is 35.4 Å². The molecular formula is C15H14O4. The lowest BCUT2D eigenvalue weighted by Gasteiger charge is -2.12. The van der Waals surface area contributed by atoms with Crippen LogP contribution in [0.4, 0.5) is 0 Å². The molecule has 0 aliphatic carbocycles. The fourth-order valence-corrected chi connectivity index (χ4v) is 2.27. The lowest BCUT2D eigenvalue weighted by Crippen LogP contribution is -2.05. The average Bonchev–Trinajstić information content (AvgIpc) is 2.26. The predicted molar refractivity (Wildman–Crippen MR) is 71.7 cm³/mol. The number of carbonyl (C=O) groups excluding carboxylic acids is 2. The molecule has 0 unspecified atom stereocenters. The van der Waals surface area contributed by atoms with Gasteiger partial charge in [0.05, 0.1) is 10.9 Å². The smallest absolute Gasteiger partial charge is 0.163 e. The number of Topliss-reactive ketones (excluding diaryl/α,β-unsaturated/α-hetero) is 2. The molecule has 4 heteroatoms. The molecule has 0 fully saturated rings. The lowest BCUT2D eigenvalue weighted by molar-refractivity contribution is -0.116. The zero-order valence-electron chi connectivity index (χ0n) is 10.7. The molecule has 98 valence electrons. The summed E-state index contributed by atoms with van der Waals surface area (Å²) in [5.41, 5.74) is 0.583. The molecule has 0 heterocycles. The molecule has 0 amide bonds. The maximum absolute atomic E-state index is 11.7. The summed E-state index contributed by atoms with van der Waals surface area (Å²) >= 11 is 0. The number of hydrogen-bond acceptors (Lipinski definition) is 4. The normalized spacial score (nSPS) is 10.6. The molecule has 0 saturated heterocycles. The first-order valence-electron chi connectivity index (χ1n) is 5.88. The number of rotatable bonds is 3. The van der Waals surface area contributed by atoms with Crippen molar-refractivity contribution in [1.82, 2.24) is 0 Å². The summed E-state index contributed by atoms with van der Waals surface area (Å²) in [4.78, 5) is 22.9. The number of benzene rings is 2. The van der Waals surface area contributed by atoms with Gasteiger partial charge in [0.2, 0.25) is 0 Å². The summed E-state index contributed by atoms with van der Waals surface area (Å²) < 4.78 is 0. The van der Waals surface area contributed by atoms with Crippen molar-refractivity contribution in [3.8, 4) is 11.5 Å². The van der Waals surface area contributed by atoms with Gasteiger partial charge in [-0.2, -0.15) is 0 Å². The highest BCUT2D eigenvalue weighted by molar-refractivity contribution is 6.07. The van der Waals surface area contributed by atoms with E-state index in [9.17, 15) is 19.8 Å². The van der Waals surface area contributed by atoms with E-state index < -0.39 is 0 Å². The molecule has 0 bridgehead atoms. The number of phenols is 2. The van der Waals surface area contributed by atoms with Crippen LogP contribution in [0.5, 0.6) is 11.5 Å². The van der Waals surface area contributed by atoms with Gasteiger partial charge in [-0.3, -0.25) is 9.59 Å². The van der Waals surface area contributed by atoms with E-state index in [0.717, 1.165) is 0 Å². The minimum absolute atomic E-state index is 0.0774. The van der Waals surface area contributed by atoms with Crippen LogP contribution >= 0.6 is 0 Å². The number of ketones is 2. The molecule has 2 rings (SSSR count). The van der Waals surface area contributed by atoms with Gasteiger partial charge in [-0.15, -0.1) is 0 Å². The van der Waals surface area contributed by atoms with E-state index in [1.165, 1.54) is 19.9 Å². The molecule has 0 spiro atoms. The van der Waals surface area contributed by atoms with Crippen LogP contribution in [-0.4, -0.2) is 21.8 Å². The van der Waals surface area contributed by atoms with Crippen LogP contribution in [0.1, 0.15) is 29.8 Å². The second-order valence-corrected chi connectivity index (χ2v) is 4.57. The van der Waals surface area contributed by atoms with Gasteiger partial charge in [0.1, 0.15) is 17.3 Å². The number of aromatic hydroxyl groups is 2. The predicted octanol–water partition coefficient (Wildman–Crippen LogP) is 2.59. The lowest BCUT2D eigenvalue weighted by atomic mass is 9.94. The van der Waals surface area contributed by atoms with Gasteiger partial charge < -0.3 is 10.2 Å². The fourth-order valence-electron chi connectivity index (χ4n) is 2.27. The summed E-state index contributed by atoms with van der Waals surface area (Å²) in [7, 11) is 0. The molecule has 4 nitrogen and oxygen atoms in total. The Bertz CT molecular complexity index is 686. The Balaban J connectivity index is 2.85. The van der Waals surface area contributed by atoms with Crippen LogP contribution in [0.2, 0.25) is 0 Å². The Labute approximate surface area is 110 Å². The van der Waals surface area contributed by atoms with Gasteiger partial charge >= 0.3 is 0 Å². The van der Waals surface area contributed by atoms with Crippen LogP contribution < -0.4 is 0 Å². The summed E-state index contributed by atoms with van der Waals surface area (Å²) in [6.07, 6.45) is 0.0774. The molecule has 2 aromatic rings. The Kier molecular flexibility index (Phi) is 3.25. The Hall–Kier alpha value is -2.36. The van der Waals surface area contributed by atoms with Crippen molar-refractivity contribution in [3.63, 3.8) is 0 Å². The number of hydrogen-bond donors (Lipinski definition) is 2. The minimum atomic E-state index is -0.334. The van der Waals surface area contributed by atoms with Crippen LogP contribution in [-0.2, 0) is 11.2 Å².